The first-order valence-corrected chi connectivity index (χ1v) is 9.76. The average molecular weight is 405 g/mol. The summed E-state index contributed by atoms with van der Waals surface area (Å²) in [6.45, 7) is 2.24. The van der Waals surface area contributed by atoms with Crippen molar-refractivity contribution >= 4 is 32.6 Å². The predicted molar refractivity (Wildman–Crippen MR) is 102 cm³/mol. The van der Waals surface area contributed by atoms with E-state index in [1.165, 1.54) is 25.4 Å². The van der Waals surface area contributed by atoms with Gasteiger partial charge >= 0.3 is 5.97 Å². The lowest BCUT2D eigenvalue weighted by atomic mass is 10.2. The van der Waals surface area contributed by atoms with Gasteiger partial charge in [0.15, 0.2) is 5.03 Å². The SMILES string of the molecule is COCCOc1cc(NS(=O)(=O)c2ncccc2C)c2[nH]c(C(=O)O)cc2c1. The molecule has 0 spiro atoms. The summed E-state index contributed by atoms with van der Waals surface area (Å²) in [5, 5.41) is 9.62. The molecule has 10 heteroatoms. The quantitative estimate of drug-likeness (QED) is 0.491. The van der Waals surface area contributed by atoms with E-state index in [0.29, 0.717) is 28.8 Å². The molecule has 3 aromatic rings. The number of ether oxygens (including phenoxy) is 2. The van der Waals surface area contributed by atoms with E-state index in [1.54, 1.807) is 25.1 Å². The summed E-state index contributed by atoms with van der Waals surface area (Å²) in [6.07, 6.45) is 1.39. The van der Waals surface area contributed by atoms with Crippen LogP contribution in [0, 0.1) is 6.92 Å². The molecule has 0 amide bonds. The average Bonchev–Trinajstić information content (AvgIpc) is 3.07. The number of carbonyl (C=O) groups is 1. The number of aromatic nitrogens is 2. The molecule has 2 heterocycles. The summed E-state index contributed by atoms with van der Waals surface area (Å²) < 4.78 is 38.6. The Morgan fingerprint density at radius 3 is 2.75 bits per heavy atom. The van der Waals surface area contributed by atoms with Crippen LogP contribution in [0.4, 0.5) is 5.69 Å². The number of nitrogens with zero attached hydrogens (tertiary/aromatic N) is 1. The number of pyridine rings is 1. The molecule has 0 saturated carbocycles. The number of anilines is 1. The first-order valence-electron chi connectivity index (χ1n) is 8.28. The molecule has 3 N–H and O–H groups in total. The molecule has 3 rings (SSSR count). The molecule has 0 radical (unpaired) electrons. The maximum Gasteiger partial charge on any atom is 0.352 e. The fourth-order valence-electron chi connectivity index (χ4n) is 2.68. The highest BCUT2D eigenvalue weighted by Crippen LogP contribution is 2.31. The summed E-state index contributed by atoms with van der Waals surface area (Å²) >= 11 is 0. The van der Waals surface area contributed by atoms with Crippen molar-refractivity contribution in [2.75, 3.05) is 25.0 Å². The van der Waals surface area contributed by atoms with E-state index in [-0.39, 0.29) is 23.0 Å². The third-order valence-corrected chi connectivity index (χ3v) is 5.37. The van der Waals surface area contributed by atoms with Crippen molar-refractivity contribution in [3.8, 4) is 5.75 Å². The van der Waals surface area contributed by atoms with E-state index in [1.807, 2.05) is 0 Å². The number of aryl methyl sites for hydroxylation is 1. The molecule has 1 aromatic carbocycles. The summed E-state index contributed by atoms with van der Waals surface area (Å²) in [7, 11) is -2.46. The lowest BCUT2D eigenvalue weighted by Crippen LogP contribution is -2.16. The van der Waals surface area contributed by atoms with Gasteiger partial charge in [-0.3, -0.25) is 4.72 Å². The van der Waals surface area contributed by atoms with Gasteiger partial charge in [0, 0.05) is 24.8 Å². The van der Waals surface area contributed by atoms with Crippen LogP contribution in [-0.4, -0.2) is 49.8 Å². The molecular formula is C18H19N3O6S. The molecule has 0 aliphatic heterocycles. The minimum Gasteiger partial charge on any atom is -0.491 e. The smallest absolute Gasteiger partial charge is 0.352 e. The van der Waals surface area contributed by atoms with Crippen molar-refractivity contribution in [2.24, 2.45) is 0 Å². The number of nitrogens with one attached hydrogen (secondary N) is 2. The summed E-state index contributed by atoms with van der Waals surface area (Å²) in [4.78, 5) is 18.0. The van der Waals surface area contributed by atoms with Crippen LogP contribution in [0.15, 0.2) is 41.6 Å². The molecule has 0 atom stereocenters. The molecule has 28 heavy (non-hydrogen) atoms. The lowest BCUT2D eigenvalue weighted by molar-refractivity contribution is 0.0691. The third-order valence-electron chi connectivity index (χ3n) is 3.95. The number of hydrogen-bond donors (Lipinski definition) is 3. The first-order chi connectivity index (χ1) is 13.3. The van der Waals surface area contributed by atoms with Gasteiger partial charge in [-0.15, -0.1) is 0 Å². The number of carboxylic acids is 1. The van der Waals surface area contributed by atoms with Crippen LogP contribution < -0.4 is 9.46 Å². The Kier molecular flexibility index (Phi) is 5.52. The van der Waals surface area contributed by atoms with E-state index >= 15 is 0 Å². The Hall–Kier alpha value is -3.11. The normalized spacial score (nSPS) is 11.5. The van der Waals surface area contributed by atoms with Crippen LogP contribution in [-0.2, 0) is 14.8 Å². The fourth-order valence-corrected chi connectivity index (χ4v) is 3.92. The number of carboxylic acid groups (broad SMARTS) is 1. The largest absolute Gasteiger partial charge is 0.491 e. The van der Waals surface area contributed by atoms with Crippen molar-refractivity contribution in [1.29, 1.82) is 0 Å². The van der Waals surface area contributed by atoms with Crippen LogP contribution in [0.2, 0.25) is 0 Å². The highest BCUT2D eigenvalue weighted by molar-refractivity contribution is 7.92. The highest BCUT2D eigenvalue weighted by Gasteiger charge is 2.21. The van der Waals surface area contributed by atoms with Gasteiger partial charge < -0.3 is 19.6 Å². The van der Waals surface area contributed by atoms with Gasteiger partial charge in [0.1, 0.15) is 18.1 Å². The number of fused-ring (bicyclic) bond motifs is 1. The Morgan fingerprint density at radius 1 is 1.29 bits per heavy atom. The number of aromatic amines is 1. The standard InChI is InChI=1S/C18H19N3O6S/c1-11-4-3-5-19-17(11)28(24,25)21-14-10-13(27-7-6-26-2)8-12-9-15(18(22)23)20-16(12)14/h3-5,8-10,20-21H,6-7H2,1-2H3,(H,22,23). The number of H-pyrrole nitrogens is 1. The Balaban J connectivity index is 2.07. The van der Waals surface area contributed by atoms with Crippen molar-refractivity contribution in [3.05, 3.63) is 47.8 Å². The zero-order valence-electron chi connectivity index (χ0n) is 15.2. The van der Waals surface area contributed by atoms with Crippen LogP contribution in [0.5, 0.6) is 5.75 Å². The molecule has 2 aromatic heterocycles. The van der Waals surface area contributed by atoms with Gasteiger partial charge in [-0.25, -0.2) is 9.78 Å². The molecule has 0 bridgehead atoms. The number of hydrogen-bond acceptors (Lipinski definition) is 6. The van der Waals surface area contributed by atoms with Crippen LogP contribution in [0.3, 0.4) is 0 Å². The van der Waals surface area contributed by atoms with Gasteiger partial charge in [0.25, 0.3) is 10.0 Å². The van der Waals surface area contributed by atoms with Crippen molar-refractivity contribution in [2.45, 2.75) is 11.9 Å². The van der Waals surface area contributed by atoms with Gasteiger partial charge in [-0.2, -0.15) is 8.42 Å². The Bertz CT molecular complexity index is 1120. The molecule has 0 fully saturated rings. The monoisotopic (exact) mass is 405 g/mol. The second-order valence-electron chi connectivity index (χ2n) is 6.00. The van der Waals surface area contributed by atoms with Gasteiger partial charge in [0.2, 0.25) is 0 Å². The van der Waals surface area contributed by atoms with Crippen molar-refractivity contribution in [3.63, 3.8) is 0 Å². The van der Waals surface area contributed by atoms with Gasteiger partial charge in [-0.1, -0.05) is 6.07 Å². The Morgan fingerprint density at radius 2 is 2.07 bits per heavy atom. The van der Waals surface area contributed by atoms with Gasteiger partial charge in [-0.05, 0) is 30.7 Å². The molecular weight excluding hydrogens is 386 g/mol. The van der Waals surface area contributed by atoms with Crippen LogP contribution in [0.25, 0.3) is 10.9 Å². The topological polar surface area (TPSA) is 131 Å². The summed E-state index contributed by atoms with van der Waals surface area (Å²) in [5.74, 6) is -0.789. The second-order valence-corrected chi connectivity index (χ2v) is 7.59. The third kappa shape index (κ3) is 4.07. The van der Waals surface area contributed by atoms with E-state index < -0.39 is 16.0 Å². The number of sulfonamides is 1. The zero-order chi connectivity index (χ0) is 20.3. The molecule has 9 nitrogen and oxygen atoms in total. The molecule has 0 saturated heterocycles. The number of methoxy groups -OCH3 is 1. The highest BCUT2D eigenvalue weighted by atomic mass is 32.2. The van der Waals surface area contributed by atoms with E-state index in [9.17, 15) is 18.3 Å². The van der Waals surface area contributed by atoms with Gasteiger partial charge in [0.05, 0.1) is 17.8 Å². The van der Waals surface area contributed by atoms with Crippen LogP contribution in [0.1, 0.15) is 16.1 Å². The predicted octanol–water partition coefficient (Wildman–Crippen LogP) is 2.40. The minimum atomic E-state index is -4.00. The molecule has 0 aliphatic rings. The fraction of sp³-hybridized carbons (Fsp3) is 0.222. The summed E-state index contributed by atoms with van der Waals surface area (Å²) in [5.41, 5.74) is 0.895. The lowest BCUT2D eigenvalue weighted by Gasteiger charge is -2.12. The maximum atomic E-state index is 12.8. The maximum absolute atomic E-state index is 12.8. The van der Waals surface area contributed by atoms with E-state index in [4.69, 9.17) is 9.47 Å². The number of benzene rings is 1. The molecule has 0 unspecified atom stereocenters. The Labute approximate surface area is 161 Å². The number of aromatic carboxylic acids is 1. The van der Waals surface area contributed by atoms with Crippen LogP contribution >= 0.6 is 0 Å². The van der Waals surface area contributed by atoms with E-state index in [2.05, 4.69) is 14.7 Å². The molecule has 0 aliphatic carbocycles. The summed E-state index contributed by atoms with van der Waals surface area (Å²) in [6, 6.07) is 7.79. The second kappa shape index (κ2) is 7.87. The zero-order valence-corrected chi connectivity index (χ0v) is 16.0. The minimum absolute atomic E-state index is 0.0708. The first kappa shape index (κ1) is 19.6. The molecule has 148 valence electrons. The number of rotatable bonds is 8. The van der Waals surface area contributed by atoms with Crippen molar-refractivity contribution in [1.82, 2.24) is 9.97 Å². The van der Waals surface area contributed by atoms with E-state index in [0.717, 1.165) is 0 Å². The van der Waals surface area contributed by atoms with Crippen molar-refractivity contribution < 1.29 is 27.8 Å².